The largest absolute Gasteiger partial charge is 0.495 e. The van der Waals surface area contributed by atoms with E-state index in [4.69, 9.17) is 4.74 Å². The van der Waals surface area contributed by atoms with Crippen LogP contribution in [-0.4, -0.2) is 35.5 Å². The highest BCUT2D eigenvalue weighted by Crippen LogP contribution is 2.31. The average Bonchev–Trinajstić information content (AvgIpc) is 2.90. The molecule has 0 amide bonds. The van der Waals surface area contributed by atoms with Gasteiger partial charge in [0.25, 0.3) is 10.0 Å². The van der Waals surface area contributed by atoms with Gasteiger partial charge in [0, 0.05) is 18.6 Å². The predicted molar refractivity (Wildman–Crippen MR) is 80.1 cm³/mol. The quantitative estimate of drug-likeness (QED) is 0.775. The van der Waals surface area contributed by atoms with Crippen LogP contribution in [0.4, 0.5) is 5.82 Å². The first-order valence-corrected chi connectivity index (χ1v) is 7.80. The fraction of sp³-hybridized carbons (Fsp3) is 0.154. The summed E-state index contributed by atoms with van der Waals surface area (Å²) in [7, 11) is -0.871. The number of hydrogen-bond donors (Lipinski definition) is 1. The summed E-state index contributed by atoms with van der Waals surface area (Å²) >= 11 is 0. The third kappa shape index (κ3) is 2.46. The van der Waals surface area contributed by atoms with Crippen LogP contribution >= 0.6 is 0 Å². The molecule has 0 atom stereocenters. The van der Waals surface area contributed by atoms with Crippen molar-refractivity contribution in [3.05, 3.63) is 36.7 Å². The number of anilines is 1. The van der Waals surface area contributed by atoms with Crippen LogP contribution in [0.5, 0.6) is 5.75 Å². The molecule has 0 unspecified atom stereocenters. The van der Waals surface area contributed by atoms with Gasteiger partial charge in [-0.2, -0.15) is 0 Å². The molecule has 3 aromatic rings. The number of nitrogens with zero attached hydrogens (tertiary/aromatic N) is 4. The van der Waals surface area contributed by atoms with Gasteiger partial charge in [-0.25, -0.2) is 8.42 Å². The van der Waals surface area contributed by atoms with Gasteiger partial charge in [0.2, 0.25) is 0 Å². The zero-order chi connectivity index (χ0) is 15.7. The second-order valence-corrected chi connectivity index (χ2v) is 6.17. The van der Waals surface area contributed by atoms with Crippen LogP contribution in [0.3, 0.4) is 0 Å². The molecule has 0 aliphatic rings. The highest BCUT2D eigenvalue weighted by molar-refractivity contribution is 7.93. The van der Waals surface area contributed by atoms with Gasteiger partial charge >= 0.3 is 0 Å². The Morgan fingerprint density at radius 2 is 2.09 bits per heavy atom. The Bertz CT molecular complexity index is 936. The van der Waals surface area contributed by atoms with Crippen molar-refractivity contribution in [2.45, 2.75) is 4.90 Å². The lowest BCUT2D eigenvalue weighted by Gasteiger charge is -2.12. The van der Waals surface area contributed by atoms with E-state index in [0.29, 0.717) is 10.9 Å². The minimum absolute atomic E-state index is 0.0289. The third-order valence-electron chi connectivity index (χ3n) is 3.02. The number of pyridine rings is 1. The van der Waals surface area contributed by atoms with Crippen LogP contribution < -0.4 is 9.46 Å². The second-order valence-electron chi connectivity index (χ2n) is 4.56. The van der Waals surface area contributed by atoms with Crippen molar-refractivity contribution in [1.82, 2.24) is 20.0 Å². The average molecular weight is 319 g/mol. The number of aryl methyl sites for hydroxylation is 1. The van der Waals surface area contributed by atoms with E-state index in [-0.39, 0.29) is 16.5 Å². The smallest absolute Gasteiger partial charge is 0.269 e. The van der Waals surface area contributed by atoms with Crippen molar-refractivity contribution >= 4 is 26.7 Å². The summed E-state index contributed by atoms with van der Waals surface area (Å²) in [5.41, 5.74) is 0.332. The lowest BCUT2D eigenvalue weighted by atomic mass is 10.2. The standard InChI is InChI=1S/C13H13N5O3S/c1-18-8-11(15-17-18)16-22(19,20)13-10(21-2)6-5-9-4-3-7-14-12(9)13/h3-8,16H,1-2H3. The summed E-state index contributed by atoms with van der Waals surface area (Å²) in [4.78, 5) is 4.13. The molecule has 9 heteroatoms. The number of sulfonamides is 1. The molecule has 0 aliphatic carbocycles. The summed E-state index contributed by atoms with van der Waals surface area (Å²) in [6.07, 6.45) is 2.99. The first-order valence-electron chi connectivity index (χ1n) is 6.32. The molecule has 1 N–H and O–H groups in total. The van der Waals surface area contributed by atoms with Crippen molar-refractivity contribution < 1.29 is 13.2 Å². The minimum atomic E-state index is -3.92. The van der Waals surface area contributed by atoms with Crippen molar-refractivity contribution in [2.24, 2.45) is 7.05 Å². The first-order chi connectivity index (χ1) is 10.5. The highest BCUT2D eigenvalue weighted by Gasteiger charge is 2.24. The summed E-state index contributed by atoms with van der Waals surface area (Å²) in [5, 5.41) is 8.11. The topological polar surface area (TPSA) is 99.0 Å². The molecule has 114 valence electrons. The number of rotatable bonds is 4. The number of hydrogen-bond acceptors (Lipinski definition) is 6. The fourth-order valence-electron chi connectivity index (χ4n) is 2.10. The molecular formula is C13H13N5O3S. The number of fused-ring (bicyclic) bond motifs is 1. The lowest BCUT2D eigenvalue weighted by molar-refractivity contribution is 0.404. The molecule has 8 nitrogen and oxygen atoms in total. The zero-order valence-corrected chi connectivity index (χ0v) is 12.7. The Kier molecular flexibility index (Phi) is 3.41. The maximum atomic E-state index is 12.7. The number of benzene rings is 1. The molecule has 0 spiro atoms. The summed E-state index contributed by atoms with van der Waals surface area (Å²) < 4.78 is 34.4. The summed E-state index contributed by atoms with van der Waals surface area (Å²) in [6.45, 7) is 0. The molecule has 22 heavy (non-hydrogen) atoms. The molecule has 0 aliphatic heterocycles. The van der Waals surface area contributed by atoms with E-state index in [1.54, 1.807) is 31.3 Å². The Labute approximate surface area is 126 Å². The Balaban J connectivity index is 2.18. The fourth-order valence-corrected chi connectivity index (χ4v) is 3.42. The van der Waals surface area contributed by atoms with E-state index in [0.717, 1.165) is 0 Å². The van der Waals surface area contributed by atoms with Gasteiger partial charge in [-0.05, 0) is 18.2 Å². The van der Waals surface area contributed by atoms with Gasteiger partial charge in [-0.3, -0.25) is 14.4 Å². The normalized spacial score (nSPS) is 11.5. The van der Waals surface area contributed by atoms with E-state index in [1.807, 2.05) is 0 Å². The van der Waals surface area contributed by atoms with Crippen LogP contribution in [0.25, 0.3) is 10.9 Å². The number of aromatic nitrogens is 4. The first kappa shape index (κ1) is 14.3. The van der Waals surface area contributed by atoms with Crippen molar-refractivity contribution in [2.75, 3.05) is 11.8 Å². The summed E-state index contributed by atoms with van der Waals surface area (Å²) in [6, 6.07) is 6.86. The maximum Gasteiger partial charge on any atom is 0.269 e. The Morgan fingerprint density at radius 1 is 1.27 bits per heavy atom. The highest BCUT2D eigenvalue weighted by atomic mass is 32.2. The van der Waals surface area contributed by atoms with Gasteiger partial charge in [-0.15, -0.1) is 5.10 Å². The lowest BCUT2D eigenvalue weighted by Crippen LogP contribution is -2.15. The van der Waals surface area contributed by atoms with Gasteiger partial charge in [0.15, 0.2) is 10.7 Å². The molecule has 2 aromatic heterocycles. The predicted octanol–water partition coefficient (Wildman–Crippen LogP) is 1.17. The van der Waals surface area contributed by atoms with Crippen LogP contribution in [0.1, 0.15) is 0 Å². The van der Waals surface area contributed by atoms with E-state index in [9.17, 15) is 8.42 Å². The Hall–Kier alpha value is -2.68. The number of nitrogens with one attached hydrogen (secondary N) is 1. The van der Waals surface area contributed by atoms with Gasteiger partial charge < -0.3 is 4.74 Å². The van der Waals surface area contributed by atoms with Gasteiger partial charge in [0.1, 0.15) is 5.75 Å². The van der Waals surface area contributed by atoms with Crippen molar-refractivity contribution in [3.63, 3.8) is 0 Å². The van der Waals surface area contributed by atoms with Gasteiger partial charge in [-0.1, -0.05) is 11.3 Å². The molecule has 1 aromatic carbocycles. The van der Waals surface area contributed by atoms with E-state index < -0.39 is 10.0 Å². The molecule has 0 bridgehead atoms. The van der Waals surface area contributed by atoms with Crippen molar-refractivity contribution in [1.29, 1.82) is 0 Å². The van der Waals surface area contributed by atoms with Crippen LogP contribution in [0, 0.1) is 0 Å². The molecule has 0 saturated heterocycles. The van der Waals surface area contributed by atoms with Gasteiger partial charge in [0.05, 0.1) is 18.8 Å². The monoisotopic (exact) mass is 319 g/mol. The van der Waals surface area contributed by atoms with E-state index in [1.165, 1.54) is 24.2 Å². The molecule has 2 heterocycles. The third-order valence-corrected chi connectivity index (χ3v) is 4.43. The summed E-state index contributed by atoms with van der Waals surface area (Å²) in [5.74, 6) is 0.333. The number of ether oxygens (including phenoxy) is 1. The second kappa shape index (κ2) is 5.26. The van der Waals surface area contributed by atoms with E-state index >= 15 is 0 Å². The molecule has 3 rings (SSSR count). The molecule has 0 saturated carbocycles. The van der Waals surface area contributed by atoms with Crippen LogP contribution in [0.15, 0.2) is 41.6 Å². The van der Waals surface area contributed by atoms with Crippen molar-refractivity contribution in [3.8, 4) is 5.75 Å². The molecular weight excluding hydrogens is 306 g/mol. The molecule has 0 radical (unpaired) electrons. The van der Waals surface area contributed by atoms with Crippen LogP contribution in [-0.2, 0) is 17.1 Å². The minimum Gasteiger partial charge on any atom is -0.495 e. The van der Waals surface area contributed by atoms with Crippen LogP contribution in [0.2, 0.25) is 0 Å². The SMILES string of the molecule is COc1ccc2cccnc2c1S(=O)(=O)Nc1cn(C)nn1. The molecule has 0 fully saturated rings. The Morgan fingerprint density at radius 3 is 2.77 bits per heavy atom. The zero-order valence-electron chi connectivity index (χ0n) is 11.9. The maximum absolute atomic E-state index is 12.7. The van der Waals surface area contributed by atoms with E-state index in [2.05, 4.69) is 20.0 Å². The number of methoxy groups -OCH3 is 1.